The van der Waals surface area contributed by atoms with Crippen molar-refractivity contribution >= 4 is 22.3 Å². The number of nitrogens with one attached hydrogen (secondary N) is 1. The lowest BCUT2D eigenvalue weighted by atomic mass is 10.1. The van der Waals surface area contributed by atoms with E-state index >= 15 is 0 Å². The molecule has 0 spiro atoms. The molecule has 1 saturated heterocycles. The molecule has 0 aromatic carbocycles. The second-order valence-electron chi connectivity index (χ2n) is 3.89. The summed E-state index contributed by atoms with van der Waals surface area (Å²) in [5.74, 6) is 1.60. The van der Waals surface area contributed by atoms with E-state index in [4.69, 9.17) is 0 Å². The van der Waals surface area contributed by atoms with Gasteiger partial charge in [0.05, 0.1) is 4.92 Å². The molecular formula is C10H13N3O3S. The lowest BCUT2D eigenvalue weighted by Crippen LogP contribution is -2.29. The fourth-order valence-electron chi connectivity index (χ4n) is 1.79. The lowest BCUT2D eigenvalue weighted by Gasteiger charge is -2.22. The van der Waals surface area contributed by atoms with Crippen LogP contribution in [0, 0.1) is 10.1 Å². The molecule has 1 N–H and O–H groups in total. The summed E-state index contributed by atoms with van der Waals surface area (Å²) in [6.07, 6.45) is 3.05. The summed E-state index contributed by atoms with van der Waals surface area (Å²) in [4.78, 5) is 14.3. The van der Waals surface area contributed by atoms with Crippen LogP contribution in [0.15, 0.2) is 18.3 Å². The molecule has 1 aromatic rings. The van der Waals surface area contributed by atoms with E-state index in [1.165, 1.54) is 12.3 Å². The third kappa shape index (κ3) is 3.00. The highest BCUT2D eigenvalue weighted by Crippen LogP contribution is 2.23. The Labute approximate surface area is 101 Å². The summed E-state index contributed by atoms with van der Waals surface area (Å²) in [7, 11) is -0.727. The normalized spacial score (nSPS) is 24.2. The average molecular weight is 255 g/mol. The molecule has 1 aromatic heterocycles. The predicted molar refractivity (Wildman–Crippen MR) is 65.4 cm³/mol. The Morgan fingerprint density at radius 1 is 1.47 bits per heavy atom. The molecule has 6 nitrogen and oxygen atoms in total. The highest BCUT2D eigenvalue weighted by atomic mass is 32.2. The van der Waals surface area contributed by atoms with Crippen LogP contribution >= 0.6 is 0 Å². The molecule has 92 valence electrons. The van der Waals surface area contributed by atoms with Crippen molar-refractivity contribution in [3.63, 3.8) is 0 Å². The van der Waals surface area contributed by atoms with E-state index in [1.54, 1.807) is 6.07 Å². The van der Waals surface area contributed by atoms with Crippen molar-refractivity contribution in [1.82, 2.24) is 4.98 Å². The van der Waals surface area contributed by atoms with Crippen molar-refractivity contribution in [2.75, 3.05) is 16.8 Å². The summed E-state index contributed by atoms with van der Waals surface area (Å²) < 4.78 is 11.2. The van der Waals surface area contributed by atoms with Gasteiger partial charge >= 0.3 is 5.69 Å². The van der Waals surface area contributed by atoms with Crippen LogP contribution in [0.1, 0.15) is 12.8 Å². The largest absolute Gasteiger partial charge is 0.362 e. The van der Waals surface area contributed by atoms with Crippen LogP contribution in [-0.4, -0.2) is 31.7 Å². The van der Waals surface area contributed by atoms with Crippen LogP contribution in [0.2, 0.25) is 0 Å². The van der Waals surface area contributed by atoms with Gasteiger partial charge in [-0.3, -0.25) is 14.3 Å². The van der Waals surface area contributed by atoms with Gasteiger partial charge in [-0.2, -0.15) is 0 Å². The first kappa shape index (κ1) is 12.0. The number of anilines is 1. The number of hydrogen-bond acceptors (Lipinski definition) is 5. The van der Waals surface area contributed by atoms with Gasteiger partial charge in [-0.15, -0.1) is 0 Å². The van der Waals surface area contributed by atoms with Crippen LogP contribution in [-0.2, 0) is 10.8 Å². The molecule has 17 heavy (non-hydrogen) atoms. The van der Waals surface area contributed by atoms with Crippen LogP contribution in [0.25, 0.3) is 0 Å². The quantitative estimate of drug-likeness (QED) is 0.650. The highest BCUT2D eigenvalue weighted by Gasteiger charge is 2.21. The first-order valence-electron chi connectivity index (χ1n) is 5.38. The van der Waals surface area contributed by atoms with Crippen LogP contribution in [0.5, 0.6) is 0 Å². The zero-order chi connectivity index (χ0) is 12.3. The van der Waals surface area contributed by atoms with Crippen LogP contribution < -0.4 is 5.32 Å². The van der Waals surface area contributed by atoms with E-state index < -0.39 is 15.7 Å². The zero-order valence-corrected chi connectivity index (χ0v) is 9.98. The Balaban J connectivity index is 2.08. The van der Waals surface area contributed by atoms with Gasteiger partial charge in [-0.25, -0.2) is 4.98 Å². The topological polar surface area (TPSA) is 85.1 Å². The maximum absolute atomic E-state index is 11.2. The van der Waals surface area contributed by atoms with Crippen molar-refractivity contribution < 1.29 is 9.13 Å². The van der Waals surface area contributed by atoms with E-state index in [0.717, 1.165) is 12.8 Å². The number of nitro groups is 1. The van der Waals surface area contributed by atoms with Crippen LogP contribution in [0.4, 0.5) is 11.5 Å². The molecule has 0 bridgehead atoms. The zero-order valence-electron chi connectivity index (χ0n) is 9.17. The molecule has 1 fully saturated rings. The maximum atomic E-state index is 11.2. The van der Waals surface area contributed by atoms with Gasteiger partial charge < -0.3 is 5.32 Å². The second kappa shape index (κ2) is 5.22. The van der Waals surface area contributed by atoms with Crippen molar-refractivity contribution in [3.05, 3.63) is 28.4 Å². The van der Waals surface area contributed by atoms with Gasteiger partial charge in [-0.1, -0.05) is 0 Å². The number of hydrogen-bond donors (Lipinski definition) is 1. The second-order valence-corrected chi connectivity index (χ2v) is 5.59. The van der Waals surface area contributed by atoms with Crippen molar-refractivity contribution in [2.24, 2.45) is 0 Å². The number of nitrogens with zero attached hydrogens (tertiary/aromatic N) is 2. The molecule has 0 aliphatic carbocycles. The summed E-state index contributed by atoms with van der Waals surface area (Å²) in [5, 5.41) is 13.9. The molecule has 2 heterocycles. The molecule has 1 aliphatic heterocycles. The first-order valence-corrected chi connectivity index (χ1v) is 6.86. The van der Waals surface area contributed by atoms with E-state index in [1.807, 2.05) is 0 Å². The fourth-order valence-corrected chi connectivity index (χ4v) is 3.09. The Hall–Kier alpha value is -1.50. The van der Waals surface area contributed by atoms with Gasteiger partial charge in [-0.05, 0) is 18.9 Å². The molecule has 1 aliphatic rings. The maximum Gasteiger partial charge on any atom is 0.311 e. The van der Waals surface area contributed by atoms with E-state index in [0.29, 0.717) is 17.3 Å². The van der Waals surface area contributed by atoms with Gasteiger partial charge in [0.2, 0.25) is 5.82 Å². The third-order valence-corrected chi connectivity index (χ3v) is 4.09. The standard InChI is InChI=1S/C10H13N3O3S/c14-13(15)9-2-1-5-11-10(9)12-8-3-6-17(16)7-4-8/h1-2,5,8H,3-4,6-7H2,(H,11,12). The van der Waals surface area contributed by atoms with E-state index in [-0.39, 0.29) is 11.7 Å². The molecule has 0 amide bonds. The molecule has 0 unspecified atom stereocenters. The summed E-state index contributed by atoms with van der Waals surface area (Å²) >= 11 is 0. The summed E-state index contributed by atoms with van der Waals surface area (Å²) in [6.45, 7) is 0. The molecule has 0 saturated carbocycles. The Morgan fingerprint density at radius 3 is 2.82 bits per heavy atom. The molecule has 2 rings (SSSR count). The van der Waals surface area contributed by atoms with Crippen molar-refractivity contribution in [2.45, 2.75) is 18.9 Å². The molecule has 0 radical (unpaired) electrons. The van der Waals surface area contributed by atoms with Crippen LogP contribution in [0.3, 0.4) is 0 Å². The highest BCUT2D eigenvalue weighted by molar-refractivity contribution is 7.85. The minimum absolute atomic E-state index is 0.0146. The molecular weight excluding hydrogens is 242 g/mol. The monoisotopic (exact) mass is 255 g/mol. The van der Waals surface area contributed by atoms with E-state index in [9.17, 15) is 14.3 Å². The number of pyridine rings is 1. The smallest absolute Gasteiger partial charge is 0.311 e. The van der Waals surface area contributed by atoms with E-state index in [2.05, 4.69) is 10.3 Å². The van der Waals surface area contributed by atoms with Gasteiger partial charge in [0.15, 0.2) is 0 Å². The fraction of sp³-hybridized carbons (Fsp3) is 0.500. The molecule has 7 heteroatoms. The summed E-state index contributed by atoms with van der Waals surface area (Å²) in [5.41, 5.74) is -0.0146. The Bertz CT molecular complexity index is 442. The number of rotatable bonds is 3. The predicted octanol–water partition coefficient (Wildman–Crippen LogP) is 1.31. The minimum atomic E-state index is -0.727. The molecule has 0 atom stereocenters. The van der Waals surface area contributed by atoms with Crippen molar-refractivity contribution in [3.8, 4) is 0 Å². The van der Waals surface area contributed by atoms with Crippen molar-refractivity contribution in [1.29, 1.82) is 0 Å². The number of aromatic nitrogens is 1. The summed E-state index contributed by atoms with van der Waals surface area (Å²) in [6, 6.07) is 3.09. The van der Waals surface area contributed by atoms with Gasteiger partial charge in [0.25, 0.3) is 0 Å². The Kier molecular flexibility index (Phi) is 3.68. The SMILES string of the molecule is O=[N+]([O-])c1cccnc1NC1CCS(=O)CC1. The minimum Gasteiger partial charge on any atom is -0.362 e. The third-order valence-electron chi connectivity index (χ3n) is 2.71. The lowest BCUT2D eigenvalue weighted by molar-refractivity contribution is -0.384. The first-order chi connectivity index (χ1) is 8.16. The van der Waals surface area contributed by atoms with Gasteiger partial charge in [0, 0.05) is 40.6 Å². The average Bonchev–Trinajstić information content (AvgIpc) is 2.32. The Morgan fingerprint density at radius 2 is 2.18 bits per heavy atom. The van der Waals surface area contributed by atoms with Gasteiger partial charge in [0.1, 0.15) is 0 Å².